The molecule has 0 spiro atoms. The minimum atomic E-state index is -0.0549. The number of hydrogen-bond acceptors (Lipinski definition) is 3. The number of aryl methyl sites for hydroxylation is 3. The molecule has 2 aromatic heterocycles. The number of aromatic nitrogens is 4. The molecule has 3 heterocycles. The summed E-state index contributed by atoms with van der Waals surface area (Å²) in [7, 11) is 1.95. The zero-order chi connectivity index (χ0) is 20.5. The predicted octanol–water partition coefficient (Wildman–Crippen LogP) is 2.72. The second-order valence-corrected chi connectivity index (χ2v) is 8.42. The van der Waals surface area contributed by atoms with E-state index in [0.29, 0.717) is 31.0 Å². The number of fused-ring (bicyclic) bond motifs is 2. The first-order valence-corrected chi connectivity index (χ1v) is 10.5. The van der Waals surface area contributed by atoms with Crippen LogP contribution in [0, 0.1) is 5.92 Å². The molecule has 29 heavy (non-hydrogen) atoms. The van der Waals surface area contributed by atoms with Crippen molar-refractivity contribution >= 4 is 16.8 Å². The van der Waals surface area contributed by atoms with Crippen LogP contribution in [-0.4, -0.2) is 30.9 Å². The predicted molar refractivity (Wildman–Crippen MR) is 113 cm³/mol. The molecule has 0 bridgehead atoms. The molecule has 7 heteroatoms. The Bertz CT molecular complexity index is 1090. The van der Waals surface area contributed by atoms with Gasteiger partial charge >= 0.3 is 5.69 Å². The summed E-state index contributed by atoms with van der Waals surface area (Å²) < 4.78 is 5.36. The fourth-order valence-electron chi connectivity index (χ4n) is 4.08. The van der Waals surface area contributed by atoms with Crippen LogP contribution < -0.4 is 11.0 Å². The van der Waals surface area contributed by atoms with Crippen molar-refractivity contribution in [1.82, 2.24) is 24.2 Å². The van der Waals surface area contributed by atoms with Crippen LogP contribution in [0.15, 0.2) is 35.3 Å². The van der Waals surface area contributed by atoms with Crippen LogP contribution >= 0.6 is 0 Å². The lowest BCUT2D eigenvalue weighted by molar-refractivity contribution is 0.0934. The number of nitrogens with one attached hydrogen (secondary N) is 1. The van der Waals surface area contributed by atoms with Gasteiger partial charge in [-0.1, -0.05) is 32.0 Å². The summed E-state index contributed by atoms with van der Waals surface area (Å²) in [4.78, 5) is 25.6. The van der Waals surface area contributed by atoms with Crippen molar-refractivity contribution in [2.75, 3.05) is 0 Å². The molecule has 1 aliphatic rings. The van der Waals surface area contributed by atoms with Gasteiger partial charge in [-0.25, -0.2) is 9.48 Å². The molecular formula is C22H29N5O2. The Balaban J connectivity index is 1.45. The van der Waals surface area contributed by atoms with E-state index in [1.54, 1.807) is 9.25 Å². The summed E-state index contributed by atoms with van der Waals surface area (Å²) in [6.45, 7) is 5.55. The van der Waals surface area contributed by atoms with Crippen molar-refractivity contribution < 1.29 is 4.79 Å². The lowest BCUT2D eigenvalue weighted by Gasteiger charge is -2.15. The van der Waals surface area contributed by atoms with Gasteiger partial charge in [0.25, 0.3) is 5.91 Å². The van der Waals surface area contributed by atoms with Gasteiger partial charge < -0.3 is 9.88 Å². The summed E-state index contributed by atoms with van der Waals surface area (Å²) >= 11 is 0. The maximum atomic E-state index is 12.9. The number of hydrogen-bond donors (Lipinski definition) is 1. The zero-order valence-electron chi connectivity index (χ0n) is 17.4. The van der Waals surface area contributed by atoms with Gasteiger partial charge in [0.1, 0.15) is 5.82 Å². The molecule has 1 N–H and O–H groups in total. The standard InChI is InChI=1S/C22H29N5O2/c1-15(2)10-13-27-22(29)26-12-11-16(8-9-20(26)24-27)23-21(28)18-14-25(3)19-7-5-4-6-17(18)19/h4-7,14-16H,8-13H2,1-3H3,(H,23,28). The Morgan fingerprint density at radius 2 is 2.07 bits per heavy atom. The zero-order valence-corrected chi connectivity index (χ0v) is 17.4. The van der Waals surface area contributed by atoms with Crippen LogP contribution in [0.4, 0.5) is 0 Å². The summed E-state index contributed by atoms with van der Waals surface area (Å²) in [5, 5.41) is 8.69. The first-order valence-electron chi connectivity index (χ1n) is 10.5. The van der Waals surface area contributed by atoms with Crippen molar-refractivity contribution in [3.8, 4) is 0 Å². The Labute approximate surface area is 170 Å². The minimum absolute atomic E-state index is 0.0262. The van der Waals surface area contributed by atoms with Gasteiger partial charge in [-0.3, -0.25) is 9.36 Å². The first kappa shape index (κ1) is 19.5. The maximum absolute atomic E-state index is 12.9. The summed E-state index contributed by atoms with van der Waals surface area (Å²) in [5.41, 5.74) is 1.71. The molecule has 1 unspecified atom stereocenters. The van der Waals surface area contributed by atoms with E-state index in [1.165, 1.54) is 0 Å². The Morgan fingerprint density at radius 3 is 2.86 bits per heavy atom. The lowest BCUT2D eigenvalue weighted by atomic mass is 10.1. The number of carbonyl (C=O) groups is 1. The quantitative estimate of drug-likeness (QED) is 0.722. The maximum Gasteiger partial charge on any atom is 0.345 e. The molecule has 0 radical (unpaired) electrons. The van der Waals surface area contributed by atoms with Crippen LogP contribution in [0.25, 0.3) is 10.9 Å². The molecule has 1 amide bonds. The number of carbonyl (C=O) groups excluding carboxylic acids is 1. The number of para-hydroxylation sites is 1. The van der Waals surface area contributed by atoms with E-state index in [4.69, 9.17) is 0 Å². The smallest absolute Gasteiger partial charge is 0.345 e. The number of rotatable bonds is 5. The molecule has 1 atom stereocenters. The highest BCUT2D eigenvalue weighted by atomic mass is 16.2. The molecule has 0 fully saturated rings. The third-order valence-corrected chi connectivity index (χ3v) is 5.81. The van der Waals surface area contributed by atoms with E-state index in [2.05, 4.69) is 24.3 Å². The van der Waals surface area contributed by atoms with Gasteiger partial charge in [-0.2, -0.15) is 5.10 Å². The summed E-state index contributed by atoms with van der Waals surface area (Å²) in [5.74, 6) is 1.32. The van der Waals surface area contributed by atoms with Crippen molar-refractivity contribution in [2.24, 2.45) is 13.0 Å². The third-order valence-electron chi connectivity index (χ3n) is 5.81. The van der Waals surface area contributed by atoms with E-state index in [9.17, 15) is 9.59 Å². The normalized spacial score (nSPS) is 16.8. The van der Waals surface area contributed by atoms with Gasteiger partial charge in [0, 0.05) is 49.7 Å². The van der Waals surface area contributed by atoms with Crippen LogP contribution in [-0.2, 0) is 26.6 Å². The van der Waals surface area contributed by atoms with Crippen molar-refractivity contribution in [1.29, 1.82) is 0 Å². The average Bonchev–Trinajstić information content (AvgIpc) is 3.11. The molecule has 0 saturated heterocycles. The first-order chi connectivity index (χ1) is 13.9. The van der Waals surface area contributed by atoms with Crippen molar-refractivity contribution in [3.05, 3.63) is 52.3 Å². The van der Waals surface area contributed by atoms with Crippen LogP contribution in [0.2, 0.25) is 0 Å². The minimum Gasteiger partial charge on any atom is -0.350 e. The second-order valence-electron chi connectivity index (χ2n) is 8.42. The molecule has 0 aliphatic carbocycles. The molecular weight excluding hydrogens is 366 g/mol. The van der Waals surface area contributed by atoms with Gasteiger partial charge in [0.05, 0.1) is 5.56 Å². The largest absolute Gasteiger partial charge is 0.350 e. The number of nitrogens with zero attached hydrogens (tertiary/aromatic N) is 4. The molecule has 1 aromatic carbocycles. The monoisotopic (exact) mass is 395 g/mol. The highest BCUT2D eigenvalue weighted by molar-refractivity contribution is 6.07. The average molecular weight is 396 g/mol. The topological polar surface area (TPSA) is 73.8 Å². The lowest BCUT2D eigenvalue weighted by Crippen LogP contribution is -2.35. The van der Waals surface area contributed by atoms with E-state index < -0.39 is 0 Å². The third kappa shape index (κ3) is 3.86. The Morgan fingerprint density at radius 1 is 1.28 bits per heavy atom. The van der Waals surface area contributed by atoms with Gasteiger partial charge in [-0.05, 0) is 31.2 Å². The highest BCUT2D eigenvalue weighted by Crippen LogP contribution is 2.21. The summed E-state index contributed by atoms with van der Waals surface area (Å²) in [6, 6.07) is 7.96. The fraction of sp³-hybridized carbons (Fsp3) is 0.500. The van der Waals surface area contributed by atoms with Crippen LogP contribution in [0.1, 0.15) is 49.3 Å². The number of amides is 1. The molecule has 7 nitrogen and oxygen atoms in total. The van der Waals surface area contributed by atoms with E-state index >= 15 is 0 Å². The van der Waals surface area contributed by atoms with Gasteiger partial charge in [0.15, 0.2) is 0 Å². The Hall–Kier alpha value is -2.83. The number of benzene rings is 1. The molecule has 154 valence electrons. The van der Waals surface area contributed by atoms with Gasteiger partial charge in [-0.15, -0.1) is 0 Å². The SMILES string of the molecule is CC(C)CCn1nc2n(c1=O)CCC(NC(=O)c1cn(C)c3ccccc13)CC2. The molecule has 4 rings (SSSR count). The fourth-order valence-corrected chi connectivity index (χ4v) is 4.08. The molecule has 3 aromatic rings. The van der Waals surface area contributed by atoms with Crippen LogP contribution in [0.5, 0.6) is 0 Å². The molecule has 1 aliphatic heterocycles. The van der Waals surface area contributed by atoms with Crippen molar-refractivity contribution in [2.45, 2.75) is 58.7 Å². The van der Waals surface area contributed by atoms with Gasteiger partial charge in [0.2, 0.25) is 0 Å². The van der Waals surface area contributed by atoms with Crippen molar-refractivity contribution in [3.63, 3.8) is 0 Å². The van der Waals surface area contributed by atoms with E-state index in [0.717, 1.165) is 36.0 Å². The van der Waals surface area contributed by atoms with E-state index in [1.807, 2.05) is 42.1 Å². The van der Waals surface area contributed by atoms with E-state index in [-0.39, 0.29) is 17.6 Å². The van der Waals surface area contributed by atoms with Crippen LogP contribution in [0.3, 0.4) is 0 Å². The summed E-state index contributed by atoms with van der Waals surface area (Å²) in [6.07, 6.45) is 5.05. The second kappa shape index (κ2) is 7.89. The Kier molecular flexibility index (Phi) is 5.30. The molecule has 0 saturated carbocycles. The highest BCUT2D eigenvalue weighted by Gasteiger charge is 2.23.